The number of aryl methyl sites for hydroxylation is 1. The third-order valence-electron chi connectivity index (χ3n) is 8.83. The minimum Gasteiger partial charge on any atom is -0.491 e. The van der Waals surface area contributed by atoms with Crippen molar-refractivity contribution >= 4 is 55.8 Å². The van der Waals surface area contributed by atoms with E-state index >= 15 is 0 Å². The third-order valence-corrected chi connectivity index (χ3v) is 10.1. The van der Waals surface area contributed by atoms with Gasteiger partial charge in [0.15, 0.2) is 0 Å². The topological polar surface area (TPSA) is 137 Å². The van der Waals surface area contributed by atoms with Crippen LogP contribution in [-0.2, 0) is 6.54 Å². The first kappa shape index (κ1) is 35.1. The summed E-state index contributed by atoms with van der Waals surface area (Å²) in [6.45, 7) is 5.33. The molecule has 6 rings (SSSR count). The fraction of sp³-hybridized carbons (Fsp3) is 0.353. The third kappa shape index (κ3) is 6.58. The first-order valence-electron chi connectivity index (χ1n) is 15.6. The predicted octanol–water partition coefficient (Wildman–Crippen LogP) is 6.39. The van der Waals surface area contributed by atoms with Crippen LogP contribution in [0.1, 0.15) is 35.6 Å². The van der Waals surface area contributed by atoms with Crippen LogP contribution >= 0.6 is 22.9 Å². The van der Waals surface area contributed by atoms with E-state index in [0.717, 1.165) is 0 Å². The van der Waals surface area contributed by atoms with Crippen LogP contribution in [0.15, 0.2) is 46.8 Å². The van der Waals surface area contributed by atoms with E-state index in [4.69, 9.17) is 16.3 Å². The molecule has 16 heteroatoms. The molecule has 0 saturated carbocycles. The number of alkyl halides is 3. The van der Waals surface area contributed by atoms with Gasteiger partial charge in [0.05, 0.1) is 44.8 Å². The summed E-state index contributed by atoms with van der Waals surface area (Å²) in [4.78, 5) is 42.5. The number of rotatable bonds is 9. The Kier molecular flexibility index (Phi) is 9.47. The number of thiophene rings is 1. The number of hydrogen-bond acceptors (Lipinski definition) is 10. The van der Waals surface area contributed by atoms with E-state index in [1.807, 2.05) is 4.90 Å². The fourth-order valence-corrected chi connectivity index (χ4v) is 7.27. The smallest absolute Gasteiger partial charge is 0.395 e. The normalized spacial score (nSPS) is 14.3. The molecular weight excluding hydrogens is 695 g/mol. The molecule has 1 aromatic carbocycles. The van der Waals surface area contributed by atoms with Crippen LogP contribution in [-0.4, -0.2) is 81.0 Å². The Morgan fingerprint density at radius 3 is 2.56 bits per heavy atom. The molecule has 0 radical (unpaired) electrons. The summed E-state index contributed by atoms with van der Waals surface area (Å²) in [5, 5.41) is 21.9. The van der Waals surface area contributed by atoms with Gasteiger partial charge in [0.25, 0.3) is 5.56 Å². The lowest BCUT2D eigenvalue weighted by atomic mass is 9.91. The molecule has 0 atom stereocenters. The summed E-state index contributed by atoms with van der Waals surface area (Å²) in [5.41, 5.74) is -0.256. The lowest BCUT2D eigenvalue weighted by molar-refractivity contribution is -0.216. The van der Waals surface area contributed by atoms with Gasteiger partial charge in [-0.1, -0.05) is 11.6 Å². The second-order valence-corrected chi connectivity index (χ2v) is 13.9. The van der Waals surface area contributed by atoms with Gasteiger partial charge in [-0.3, -0.25) is 19.2 Å². The van der Waals surface area contributed by atoms with Crippen LogP contribution in [0.3, 0.4) is 0 Å². The Bertz CT molecular complexity index is 2220. The zero-order chi connectivity index (χ0) is 36.0. The Morgan fingerprint density at radius 1 is 1.14 bits per heavy atom. The lowest BCUT2D eigenvalue weighted by Gasteiger charge is -2.40. The molecule has 11 nitrogen and oxygen atoms in total. The minimum atomic E-state index is -4.34. The van der Waals surface area contributed by atoms with Gasteiger partial charge >= 0.3 is 12.1 Å². The molecule has 5 aromatic rings. The highest BCUT2D eigenvalue weighted by atomic mass is 35.5. The molecule has 1 aliphatic rings. The van der Waals surface area contributed by atoms with E-state index in [1.54, 1.807) is 36.1 Å². The average Bonchev–Trinajstić information content (AvgIpc) is 3.51. The van der Waals surface area contributed by atoms with Crippen LogP contribution in [0.5, 0.6) is 5.75 Å². The molecule has 260 valence electrons. The van der Waals surface area contributed by atoms with Crippen molar-refractivity contribution in [2.75, 3.05) is 44.2 Å². The molecular formula is C34H31ClF3N7O4S. The number of anilines is 1. The number of carboxylic acid groups (broad SMARTS) is 1. The summed E-state index contributed by atoms with van der Waals surface area (Å²) < 4.78 is 48.6. The average molecular weight is 726 g/mol. The van der Waals surface area contributed by atoms with E-state index in [1.165, 1.54) is 47.5 Å². The number of ether oxygens (including phenoxy) is 1. The summed E-state index contributed by atoms with van der Waals surface area (Å²) in [6.07, 6.45) is -1.37. The van der Waals surface area contributed by atoms with Crippen molar-refractivity contribution in [2.24, 2.45) is 5.41 Å². The summed E-state index contributed by atoms with van der Waals surface area (Å²) in [6, 6.07) is 8.95. The summed E-state index contributed by atoms with van der Waals surface area (Å²) in [7, 11) is 0. The van der Waals surface area contributed by atoms with Gasteiger partial charge in [0.2, 0.25) is 0 Å². The molecule has 5 heterocycles. The Labute approximate surface area is 293 Å². The van der Waals surface area contributed by atoms with Crippen LogP contribution < -0.4 is 15.2 Å². The second-order valence-electron chi connectivity index (χ2n) is 12.6. The van der Waals surface area contributed by atoms with Crippen molar-refractivity contribution in [3.05, 3.63) is 74.4 Å². The number of benzene rings is 1. The molecule has 0 aliphatic carbocycles. The van der Waals surface area contributed by atoms with Gasteiger partial charge in [-0.25, -0.2) is 14.8 Å². The number of halogens is 4. The molecule has 1 fully saturated rings. The van der Waals surface area contributed by atoms with E-state index in [2.05, 4.69) is 21.0 Å². The molecule has 4 aromatic heterocycles. The molecule has 0 amide bonds. The molecule has 0 unspecified atom stereocenters. The van der Waals surface area contributed by atoms with E-state index in [0.29, 0.717) is 64.1 Å². The van der Waals surface area contributed by atoms with Gasteiger partial charge in [-0.15, -0.1) is 11.3 Å². The molecule has 1 N–H and O–H groups in total. The number of hydrogen-bond donors (Lipinski definition) is 1. The maximum Gasteiger partial charge on any atom is 0.395 e. The first-order chi connectivity index (χ1) is 23.7. The maximum absolute atomic E-state index is 13.9. The van der Waals surface area contributed by atoms with E-state index in [9.17, 15) is 33.1 Å². The number of nitrogens with zero attached hydrogens (tertiary/aromatic N) is 7. The van der Waals surface area contributed by atoms with Crippen LogP contribution in [0.4, 0.5) is 19.0 Å². The number of aromatic carboxylic acids is 1. The number of pyridine rings is 2. The molecule has 1 aliphatic heterocycles. The predicted molar refractivity (Wildman–Crippen MR) is 184 cm³/mol. The monoisotopic (exact) mass is 725 g/mol. The van der Waals surface area contributed by atoms with Crippen molar-refractivity contribution in [1.82, 2.24) is 24.4 Å². The molecule has 50 heavy (non-hydrogen) atoms. The van der Waals surface area contributed by atoms with Crippen molar-refractivity contribution < 1.29 is 27.8 Å². The summed E-state index contributed by atoms with van der Waals surface area (Å²) in [5.74, 6) is 0.0441. The van der Waals surface area contributed by atoms with Crippen molar-refractivity contribution in [3.8, 4) is 22.9 Å². The number of piperazine rings is 1. The van der Waals surface area contributed by atoms with Crippen LogP contribution in [0.2, 0.25) is 5.02 Å². The molecule has 0 spiro atoms. The zero-order valence-electron chi connectivity index (χ0n) is 27.2. The highest BCUT2D eigenvalue weighted by molar-refractivity contribution is 7.18. The number of aromatic nitrogens is 4. The molecule has 0 bridgehead atoms. The lowest BCUT2D eigenvalue weighted by Crippen LogP contribution is -2.52. The van der Waals surface area contributed by atoms with Crippen molar-refractivity contribution in [1.29, 1.82) is 5.26 Å². The number of fused-ring (bicyclic) bond motifs is 2. The number of nitriles is 1. The minimum absolute atomic E-state index is 0.0394. The van der Waals surface area contributed by atoms with Gasteiger partial charge in [0.1, 0.15) is 35.6 Å². The van der Waals surface area contributed by atoms with Gasteiger partial charge in [0, 0.05) is 60.5 Å². The number of carboxylic acids is 1. The van der Waals surface area contributed by atoms with Crippen molar-refractivity contribution in [2.45, 2.75) is 33.5 Å². The first-order valence-corrected chi connectivity index (χ1v) is 16.8. The van der Waals surface area contributed by atoms with Gasteiger partial charge in [-0.2, -0.15) is 18.4 Å². The van der Waals surface area contributed by atoms with E-state index in [-0.39, 0.29) is 47.5 Å². The highest BCUT2D eigenvalue weighted by Crippen LogP contribution is 2.40. The van der Waals surface area contributed by atoms with Crippen LogP contribution in [0, 0.1) is 23.7 Å². The highest BCUT2D eigenvalue weighted by Gasteiger charge is 2.48. The van der Waals surface area contributed by atoms with Gasteiger partial charge in [-0.05, 0) is 45.0 Å². The SMILES string of the molecule is Cc1nc2cnc(N3CCN(CC(C)(C)C(F)(F)F)CC3)c(C#N)c2c(=O)n1CCOc1ccc(Cl)cc1-c1ccnc2c(C(=O)O)csc12. The second kappa shape index (κ2) is 13.5. The Hall–Kier alpha value is -4.78. The maximum atomic E-state index is 13.9. The van der Waals surface area contributed by atoms with Crippen LogP contribution in [0.25, 0.3) is 32.2 Å². The standard InChI is InChI=1S/C34H31ClF3N7O4S/c1-19-42-25-16-41-30(44-10-8-43(9-11-44)18-33(2,3)34(36,37)38)23(15-39)27(25)31(46)45(19)12-13-49-26-5-4-20(35)14-22(26)21-6-7-40-28-24(32(47)48)17-50-29(21)28/h4-7,14,16-17H,8-13,18H2,1-3H3,(H,47,48). The zero-order valence-corrected chi connectivity index (χ0v) is 28.8. The Balaban J connectivity index is 1.24. The van der Waals surface area contributed by atoms with Crippen molar-refractivity contribution in [3.63, 3.8) is 0 Å². The Morgan fingerprint density at radius 2 is 1.88 bits per heavy atom. The fourth-order valence-electron chi connectivity index (χ4n) is 6.07. The van der Waals surface area contributed by atoms with Gasteiger partial charge < -0.3 is 14.7 Å². The summed E-state index contributed by atoms with van der Waals surface area (Å²) >= 11 is 7.60. The van der Waals surface area contributed by atoms with E-state index < -0.39 is 23.1 Å². The molecule has 1 saturated heterocycles. The largest absolute Gasteiger partial charge is 0.491 e. The quantitative estimate of drug-likeness (QED) is 0.182. The number of carbonyl (C=O) groups is 1.